The summed E-state index contributed by atoms with van der Waals surface area (Å²) in [5.74, 6) is -0.419. The molecule has 156 valence electrons. The molecule has 3 aromatic rings. The summed E-state index contributed by atoms with van der Waals surface area (Å²) >= 11 is 0. The Morgan fingerprint density at radius 2 is 1.33 bits per heavy atom. The van der Waals surface area contributed by atoms with E-state index in [1.54, 1.807) is 18.2 Å². The summed E-state index contributed by atoms with van der Waals surface area (Å²) in [5.41, 5.74) is 5.28. The lowest BCUT2D eigenvalue weighted by molar-refractivity contribution is 0.0505. The van der Waals surface area contributed by atoms with Gasteiger partial charge in [0.2, 0.25) is 0 Å². The van der Waals surface area contributed by atoms with Crippen molar-refractivity contribution in [2.24, 2.45) is 0 Å². The molecule has 0 unspecified atom stereocenters. The highest BCUT2D eigenvalue weighted by molar-refractivity contribution is 5.90. The molecule has 0 aromatic heterocycles. The lowest BCUT2D eigenvalue weighted by Crippen LogP contribution is -2.05. The fourth-order valence-corrected chi connectivity index (χ4v) is 3.43. The molecule has 0 fully saturated rings. The Kier molecular flexibility index (Phi) is 7.78. The third-order valence-corrected chi connectivity index (χ3v) is 5.21. The fraction of sp³-hybridized carbons (Fsp3) is 0.296. The van der Waals surface area contributed by atoms with E-state index in [1.165, 1.54) is 0 Å². The Hall–Kier alpha value is -2.94. The molecule has 0 spiro atoms. The summed E-state index contributed by atoms with van der Waals surface area (Å²) in [4.78, 5) is 11.9. The van der Waals surface area contributed by atoms with Crippen molar-refractivity contribution in [3.05, 3.63) is 83.7 Å². The van der Waals surface area contributed by atoms with E-state index in [4.69, 9.17) is 4.74 Å². The molecular weight excluding hydrogens is 375 g/mol. The molecule has 3 rings (SSSR count). The normalized spacial score (nSPS) is 10.8. The van der Waals surface area contributed by atoms with E-state index in [0.717, 1.165) is 59.9 Å². The second-order valence-electron chi connectivity index (χ2n) is 7.55. The van der Waals surface area contributed by atoms with Gasteiger partial charge < -0.3 is 4.74 Å². The first-order valence-corrected chi connectivity index (χ1v) is 10.8. The standard InChI is InChI=1S/C27H29FO2/c1-3-5-6-7-23-14-17-25(19-26(23)28)22-10-8-20(9-11-22)21-12-15-24(16-13-21)27(29)30-18-4-2/h8-17,19H,3-7,18H2,1-2H3. The Morgan fingerprint density at radius 1 is 0.767 bits per heavy atom. The van der Waals surface area contributed by atoms with E-state index in [2.05, 4.69) is 6.92 Å². The molecule has 3 heteroatoms. The highest BCUT2D eigenvalue weighted by atomic mass is 19.1. The van der Waals surface area contributed by atoms with Crippen LogP contribution in [0, 0.1) is 5.82 Å². The van der Waals surface area contributed by atoms with Crippen LogP contribution in [0.2, 0.25) is 0 Å². The van der Waals surface area contributed by atoms with Crippen molar-refractivity contribution in [3.63, 3.8) is 0 Å². The van der Waals surface area contributed by atoms with Gasteiger partial charge in [0.05, 0.1) is 12.2 Å². The van der Waals surface area contributed by atoms with Crippen LogP contribution in [0.15, 0.2) is 66.7 Å². The third-order valence-electron chi connectivity index (χ3n) is 5.21. The second kappa shape index (κ2) is 10.7. The van der Waals surface area contributed by atoms with Gasteiger partial charge in [-0.2, -0.15) is 0 Å². The molecule has 0 radical (unpaired) electrons. The number of hydrogen-bond acceptors (Lipinski definition) is 2. The number of carbonyl (C=O) groups excluding carboxylic acids is 1. The number of rotatable bonds is 9. The van der Waals surface area contributed by atoms with Crippen molar-refractivity contribution in [1.29, 1.82) is 0 Å². The summed E-state index contributed by atoms with van der Waals surface area (Å²) in [6.45, 7) is 4.55. The highest BCUT2D eigenvalue weighted by Gasteiger charge is 2.08. The Morgan fingerprint density at radius 3 is 1.90 bits per heavy atom. The van der Waals surface area contributed by atoms with E-state index >= 15 is 0 Å². The molecule has 0 N–H and O–H groups in total. The van der Waals surface area contributed by atoms with Crippen molar-refractivity contribution in [1.82, 2.24) is 0 Å². The SMILES string of the molecule is CCCCCc1ccc(-c2ccc(-c3ccc(C(=O)OCCC)cc3)cc2)cc1F. The second-order valence-corrected chi connectivity index (χ2v) is 7.55. The minimum atomic E-state index is -0.293. The van der Waals surface area contributed by atoms with Crippen molar-refractivity contribution in [2.75, 3.05) is 6.61 Å². The van der Waals surface area contributed by atoms with Gasteiger partial charge in [-0.25, -0.2) is 9.18 Å². The predicted molar refractivity (Wildman–Crippen MR) is 121 cm³/mol. The maximum Gasteiger partial charge on any atom is 0.338 e. The van der Waals surface area contributed by atoms with Crippen molar-refractivity contribution >= 4 is 5.97 Å². The highest BCUT2D eigenvalue weighted by Crippen LogP contribution is 2.27. The molecule has 2 nitrogen and oxygen atoms in total. The van der Waals surface area contributed by atoms with Gasteiger partial charge in [-0.1, -0.05) is 75.2 Å². The monoisotopic (exact) mass is 404 g/mol. The third kappa shape index (κ3) is 5.56. The quantitative estimate of drug-likeness (QED) is 0.273. The van der Waals surface area contributed by atoms with Crippen molar-refractivity contribution in [2.45, 2.75) is 46.0 Å². The van der Waals surface area contributed by atoms with Gasteiger partial charge in [-0.3, -0.25) is 0 Å². The van der Waals surface area contributed by atoms with Gasteiger partial charge in [0.15, 0.2) is 0 Å². The van der Waals surface area contributed by atoms with Crippen LogP contribution in [0.1, 0.15) is 55.5 Å². The van der Waals surface area contributed by atoms with Crippen LogP contribution in [-0.2, 0) is 11.2 Å². The Bertz CT molecular complexity index is 959. The lowest BCUT2D eigenvalue weighted by atomic mass is 9.98. The van der Waals surface area contributed by atoms with E-state index in [0.29, 0.717) is 12.2 Å². The largest absolute Gasteiger partial charge is 0.462 e. The van der Waals surface area contributed by atoms with Gasteiger partial charge in [0.1, 0.15) is 5.82 Å². The molecule has 0 aliphatic rings. The minimum absolute atomic E-state index is 0.127. The molecule has 0 aliphatic heterocycles. The van der Waals surface area contributed by atoms with Crippen LogP contribution >= 0.6 is 0 Å². The number of unbranched alkanes of at least 4 members (excludes halogenated alkanes) is 2. The fourth-order valence-electron chi connectivity index (χ4n) is 3.43. The lowest BCUT2D eigenvalue weighted by Gasteiger charge is -2.08. The minimum Gasteiger partial charge on any atom is -0.462 e. The van der Waals surface area contributed by atoms with Gasteiger partial charge in [0, 0.05) is 0 Å². The number of aryl methyl sites for hydroxylation is 1. The number of carbonyl (C=O) groups is 1. The Balaban J connectivity index is 1.70. The summed E-state index contributed by atoms with van der Waals surface area (Å²) in [6.07, 6.45) is 4.89. The number of hydrogen-bond donors (Lipinski definition) is 0. The zero-order valence-corrected chi connectivity index (χ0v) is 17.8. The van der Waals surface area contributed by atoms with Crippen LogP contribution < -0.4 is 0 Å². The molecule has 0 saturated carbocycles. The maximum absolute atomic E-state index is 14.5. The van der Waals surface area contributed by atoms with Gasteiger partial charge in [0.25, 0.3) is 0 Å². The van der Waals surface area contributed by atoms with Crippen molar-refractivity contribution in [3.8, 4) is 22.3 Å². The first kappa shape index (κ1) is 21.8. The predicted octanol–water partition coefficient (Wildman–Crippen LogP) is 7.46. The van der Waals surface area contributed by atoms with E-state index < -0.39 is 0 Å². The molecule has 0 atom stereocenters. The zero-order chi connectivity index (χ0) is 21.3. The smallest absolute Gasteiger partial charge is 0.338 e. The summed E-state index contributed by atoms with van der Waals surface area (Å²) in [5, 5.41) is 0. The molecule has 0 amide bonds. The molecule has 0 aliphatic carbocycles. The van der Waals surface area contributed by atoms with Crippen LogP contribution in [0.3, 0.4) is 0 Å². The van der Waals surface area contributed by atoms with Crippen LogP contribution in [0.4, 0.5) is 4.39 Å². The van der Waals surface area contributed by atoms with Gasteiger partial charge in [-0.15, -0.1) is 0 Å². The molecule has 0 heterocycles. The number of halogens is 1. The van der Waals surface area contributed by atoms with Crippen LogP contribution in [0.25, 0.3) is 22.3 Å². The summed E-state index contributed by atoms with van der Waals surface area (Å²) < 4.78 is 19.6. The first-order chi connectivity index (χ1) is 14.6. The first-order valence-electron chi connectivity index (χ1n) is 10.8. The van der Waals surface area contributed by atoms with E-state index in [-0.39, 0.29) is 11.8 Å². The number of esters is 1. The van der Waals surface area contributed by atoms with E-state index in [9.17, 15) is 9.18 Å². The summed E-state index contributed by atoms with van der Waals surface area (Å²) in [6, 6.07) is 21.0. The number of ether oxygens (including phenoxy) is 1. The van der Waals surface area contributed by atoms with Gasteiger partial charge >= 0.3 is 5.97 Å². The molecular formula is C27H29FO2. The number of benzene rings is 3. The van der Waals surface area contributed by atoms with Crippen LogP contribution in [-0.4, -0.2) is 12.6 Å². The van der Waals surface area contributed by atoms with Crippen LogP contribution in [0.5, 0.6) is 0 Å². The summed E-state index contributed by atoms with van der Waals surface area (Å²) in [7, 11) is 0. The topological polar surface area (TPSA) is 26.3 Å². The molecule has 30 heavy (non-hydrogen) atoms. The molecule has 0 saturated heterocycles. The van der Waals surface area contributed by atoms with Crippen molar-refractivity contribution < 1.29 is 13.9 Å². The molecule has 0 bridgehead atoms. The zero-order valence-electron chi connectivity index (χ0n) is 17.8. The Labute approximate surface area is 178 Å². The van der Waals surface area contributed by atoms with E-state index in [1.807, 2.05) is 55.5 Å². The average molecular weight is 405 g/mol. The average Bonchev–Trinajstić information content (AvgIpc) is 2.79. The molecule has 3 aromatic carbocycles. The maximum atomic E-state index is 14.5. The van der Waals surface area contributed by atoms with Gasteiger partial charge in [-0.05, 0) is 65.3 Å².